The molecule has 1 aliphatic rings. The first-order valence-corrected chi connectivity index (χ1v) is 10.1. The summed E-state index contributed by atoms with van der Waals surface area (Å²) in [7, 11) is 0. The smallest absolute Gasteiger partial charge is 0.233 e. The van der Waals surface area contributed by atoms with Crippen molar-refractivity contribution in [1.29, 1.82) is 0 Å². The molecule has 29 heavy (non-hydrogen) atoms. The van der Waals surface area contributed by atoms with Crippen LogP contribution in [0.2, 0.25) is 0 Å². The lowest BCUT2D eigenvalue weighted by Crippen LogP contribution is -2.25. The zero-order valence-corrected chi connectivity index (χ0v) is 17.1. The zero-order valence-electron chi connectivity index (χ0n) is 17.1. The number of fused-ring (bicyclic) bond motifs is 1. The van der Waals surface area contributed by atoms with E-state index in [0.717, 1.165) is 24.4 Å². The molecule has 1 saturated heterocycles. The van der Waals surface area contributed by atoms with Crippen molar-refractivity contribution < 1.29 is 25.0 Å². The summed E-state index contributed by atoms with van der Waals surface area (Å²) in [6.07, 6.45) is 9.83. The Kier molecular flexibility index (Phi) is 11.8. The van der Waals surface area contributed by atoms with Gasteiger partial charge in [0.1, 0.15) is 6.61 Å². The number of rotatable bonds is 9. The van der Waals surface area contributed by atoms with Gasteiger partial charge in [0, 0.05) is 12.3 Å². The van der Waals surface area contributed by atoms with Gasteiger partial charge in [-0.05, 0) is 74.5 Å². The lowest BCUT2D eigenvalue weighted by molar-refractivity contribution is -0.620. The first kappa shape index (κ1) is 23.1. The van der Waals surface area contributed by atoms with E-state index in [1.165, 1.54) is 51.7 Å². The van der Waals surface area contributed by atoms with E-state index in [1.807, 2.05) is 35.0 Å². The first-order valence-electron chi connectivity index (χ1n) is 10.1. The van der Waals surface area contributed by atoms with E-state index >= 15 is 0 Å². The van der Waals surface area contributed by atoms with E-state index in [4.69, 9.17) is 9.99 Å². The number of ether oxygens (including phenoxy) is 1. The molecule has 2 aromatic heterocycles. The fourth-order valence-electron chi connectivity index (χ4n) is 3.11. The summed E-state index contributed by atoms with van der Waals surface area (Å²) < 4.78 is 7.61. The third kappa shape index (κ3) is 9.74. The number of hydrogen-bond donors (Lipinski definition) is 1. The molecule has 0 unspecified atom stereocenters. The van der Waals surface area contributed by atoms with Crippen LogP contribution in [0.3, 0.4) is 0 Å². The summed E-state index contributed by atoms with van der Waals surface area (Å²) in [4.78, 5) is 6.69. The summed E-state index contributed by atoms with van der Waals surface area (Å²) in [6, 6.07) is 8.03. The third-order valence-corrected chi connectivity index (χ3v) is 4.55. The molecule has 0 bridgehead atoms. The highest BCUT2D eigenvalue weighted by Gasteiger charge is 2.08. The van der Waals surface area contributed by atoms with Gasteiger partial charge in [0.25, 0.3) is 0 Å². The topological polar surface area (TPSA) is 77.7 Å². The van der Waals surface area contributed by atoms with Crippen LogP contribution in [0.4, 0.5) is 0 Å². The molecule has 0 amide bonds. The molecule has 0 aromatic carbocycles. The Morgan fingerprint density at radius 2 is 1.97 bits per heavy atom. The molecule has 0 spiro atoms. The van der Waals surface area contributed by atoms with Crippen LogP contribution in [-0.4, -0.2) is 52.6 Å². The zero-order chi connectivity index (χ0) is 20.6. The Hall–Kier alpha value is -2.15. The minimum absolute atomic E-state index is 0.0804. The second kappa shape index (κ2) is 14.8. The Bertz CT molecular complexity index is 699. The molecule has 3 heterocycles. The quantitative estimate of drug-likeness (QED) is 0.295. The van der Waals surface area contributed by atoms with Gasteiger partial charge in [0.15, 0.2) is 0 Å². The van der Waals surface area contributed by atoms with Crippen LogP contribution >= 0.6 is 0 Å². The van der Waals surface area contributed by atoms with Crippen molar-refractivity contribution in [1.82, 2.24) is 14.5 Å². The molecule has 0 saturated carbocycles. The molecule has 160 valence electrons. The maximum Gasteiger partial charge on any atom is 0.233 e. The fourth-order valence-corrected chi connectivity index (χ4v) is 3.11. The monoisotopic (exact) mass is 405 g/mol. The number of pyridine rings is 1. The number of nitrogens with zero attached hydrogens (tertiary/aromatic N) is 3. The number of hydrogen-bond acceptors (Lipinski definition) is 7. The standard InChI is InChI=1S/C17H25N3O.C4H6O4/c1-2-5-11-19(10-4-1)12-7-8-14-21-17-15-16-9-3-6-13-20(16)18-17;1-2-3-4-6-8-7-5/h3,6,9,13,15H,1-2,4-5,7-8,10-12,14H2;5H,4H2,1H3. The lowest BCUT2D eigenvalue weighted by Gasteiger charge is -2.19. The molecule has 1 N–H and O–H groups in total. The van der Waals surface area contributed by atoms with Gasteiger partial charge in [-0.3, -0.25) is 0 Å². The van der Waals surface area contributed by atoms with Crippen LogP contribution in [0.5, 0.6) is 5.88 Å². The Balaban J connectivity index is 0.000000321. The van der Waals surface area contributed by atoms with Gasteiger partial charge < -0.3 is 9.64 Å². The average molecular weight is 405 g/mol. The summed E-state index contributed by atoms with van der Waals surface area (Å²) in [6.45, 7) is 6.28. The van der Waals surface area contributed by atoms with Crippen molar-refractivity contribution in [3.8, 4) is 17.7 Å². The van der Waals surface area contributed by atoms with E-state index in [9.17, 15) is 0 Å². The van der Waals surface area contributed by atoms with Gasteiger partial charge in [-0.2, -0.15) is 4.89 Å². The Labute approximate surface area is 172 Å². The second-order valence-electron chi connectivity index (χ2n) is 6.70. The number of likely N-dealkylation sites (tertiary alicyclic amines) is 1. The predicted octanol–water partition coefficient (Wildman–Crippen LogP) is 3.73. The Morgan fingerprint density at radius 3 is 2.69 bits per heavy atom. The maximum atomic E-state index is 7.47. The molecule has 3 rings (SSSR count). The van der Waals surface area contributed by atoms with E-state index in [1.54, 1.807) is 6.92 Å². The second-order valence-corrected chi connectivity index (χ2v) is 6.70. The van der Waals surface area contributed by atoms with Gasteiger partial charge in [0.05, 0.1) is 12.1 Å². The molecular weight excluding hydrogens is 374 g/mol. The molecule has 2 aromatic rings. The fraction of sp³-hybridized carbons (Fsp3) is 0.571. The van der Waals surface area contributed by atoms with Crippen LogP contribution < -0.4 is 4.74 Å². The van der Waals surface area contributed by atoms with Crippen LogP contribution in [0.1, 0.15) is 45.4 Å². The highest BCUT2D eigenvalue weighted by molar-refractivity contribution is 5.48. The average Bonchev–Trinajstić information content (AvgIpc) is 2.98. The first-order chi connectivity index (χ1) is 14.3. The van der Waals surface area contributed by atoms with E-state index in [-0.39, 0.29) is 6.61 Å². The lowest BCUT2D eigenvalue weighted by atomic mass is 10.2. The van der Waals surface area contributed by atoms with Crippen molar-refractivity contribution in [2.45, 2.75) is 45.4 Å². The predicted molar refractivity (Wildman–Crippen MR) is 109 cm³/mol. The minimum Gasteiger partial charge on any atom is -0.477 e. The molecule has 1 aliphatic heterocycles. The van der Waals surface area contributed by atoms with Crippen molar-refractivity contribution in [2.75, 3.05) is 32.8 Å². The molecule has 0 aliphatic carbocycles. The van der Waals surface area contributed by atoms with Gasteiger partial charge in [-0.25, -0.2) is 9.77 Å². The van der Waals surface area contributed by atoms with E-state index in [0.29, 0.717) is 0 Å². The van der Waals surface area contributed by atoms with Crippen molar-refractivity contribution in [2.24, 2.45) is 0 Å². The van der Waals surface area contributed by atoms with Crippen LogP contribution in [0.15, 0.2) is 30.5 Å². The number of unbranched alkanes of at least 4 members (excludes halogenated alkanes) is 1. The molecule has 0 atom stereocenters. The van der Waals surface area contributed by atoms with E-state index in [2.05, 4.69) is 36.8 Å². The minimum atomic E-state index is 0.0804. The maximum absolute atomic E-state index is 7.47. The van der Waals surface area contributed by atoms with Crippen molar-refractivity contribution >= 4 is 5.52 Å². The van der Waals surface area contributed by atoms with Crippen LogP contribution in [0, 0.1) is 11.8 Å². The summed E-state index contributed by atoms with van der Waals surface area (Å²) >= 11 is 0. The van der Waals surface area contributed by atoms with E-state index < -0.39 is 0 Å². The van der Waals surface area contributed by atoms with Crippen molar-refractivity contribution in [3.05, 3.63) is 30.5 Å². The highest BCUT2D eigenvalue weighted by atomic mass is 17.6. The SMILES string of the molecule is CC#CCOOOO.c1ccn2nc(OCCCCN3CCCCCC3)cc2c1. The number of aromatic nitrogens is 2. The van der Waals surface area contributed by atoms with Crippen LogP contribution in [-0.2, 0) is 15.0 Å². The molecule has 0 radical (unpaired) electrons. The van der Waals surface area contributed by atoms with Gasteiger partial charge >= 0.3 is 0 Å². The van der Waals surface area contributed by atoms with Gasteiger partial charge in [-0.1, -0.05) is 24.8 Å². The molecule has 8 heteroatoms. The normalized spacial score (nSPS) is 14.4. The summed E-state index contributed by atoms with van der Waals surface area (Å²) in [5.41, 5.74) is 1.08. The Morgan fingerprint density at radius 1 is 1.14 bits per heavy atom. The van der Waals surface area contributed by atoms with Gasteiger partial charge in [-0.15, -0.1) is 11.0 Å². The molecule has 1 fully saturated rings. The van der Waals surface area contributed by atoms with Crippen molar-refractivity contribution in [3.63, 3.8) is 0 Å². The molecular formula is C21H31N3O5. The summed E-state index contributed by atoms with van der Waals surface area (Å²) in [5.74, 6) is 5.76. The van der Waals surface area contributed by atoms with Crippen LogP contribution in [0.25, 0.3) is 5.52 Å². The largest absolute Gasteiger partial charge is 0.477 e. The summed E-state index contributed by atoms with van der Waals surface area (Å²) in [5, 5.41) is 18.6. The highest BCUT2D eigenvalue weighted by Crippen LogP contribution is 2.13. The van der Waals surface area contributed by atoms with Gasteiger partial charge in [0.2, 0.25) is 5.88 Å². The third-order valence-electron chi connectivity index (χ3n) is 4.55. The molecule has 8 nitrogen and oxygen atoms in total.